The number of hydrogen-bond donors (Lipinski definition) is 1. The third-order valence-corrected chi connectivity index (χ3v) is 6.84. The van der Waals surface area contributed by atoms with E-state index in [1.165, 1.54) is 0 Å². The van der Waals surface area contributed by atoms with Gasteiger partial charge >= 0.3 is 0 Å². The minimum atomic E-state index is -0.131. The summed E-state index contributed by atoms with van der Waals surface area (Å²) in [4.78, 5) is 42.0. The van der Waals surface area contributed by atoms with E-state index < -0.39 is 0 Å². The number of likely N-dealkylation sites (tertiary alicyclic amines) is 2. The number of carbonyl (C=O) groups is 3. The van der Waals surface area contributed by atoms with E-state index >= 15 is 0 Å². The molecule has 4 rings (SSSR count). The number of carbonyl (C=O) groups excluding carboxylic acids is 3. The molecule has 2 heterocycles. The average molecular weight is 480 g/mol. The van der Waals surface area contributed by atoms with Crippen molar-refractivity contribution < 1.29 is 23.9 Å². The van der Waals surface area contributed by atoms with E-state index in [1.807, 2.05) is 59.5 Å². The monoisotopic (exact) mass is 479 g/mol. The van der Waals surface area contributed by atoms with Gasteiger partial charge in [0.15, 0.2) is 6.61 Å². The molecule has 2 aliphatic rings. The topological polar surface area (TPSA) is 88.2 Å². The molecule has 8 heteroatoms. The van der Waals surface area contributed by atoms with Crippen LogP contribution in [-0.2, 0) is 14.4 Å². The number of piperidine rings is 2. The zero-order valence-electron chi connectivity index (χ0n) is 20.2. The zero-order valence-corrected chi connectivity index (χ0v) is 20.2. The molecule has 0 spiro atoms. The fourth-order valence-electron chi connectivity index (χ4n) is 4.73. The number of benzene rings is 2. The Bertz CT molecular complexity index is 1010. The lowest BCUT2D eigenvalue weighted by atomic mass is 9.91. The quantitative estimate of drug-likeness (QED) is 0.659. The Kier molecular flexibility index (Phi) is 8.23. The van der Waals surface area contributed by atoms with E-state index in [2.05, 4.69) is 5.32 Å². The smallest absolute Gasteiger partial charge is 0.260 e. The van der Waals surface area contributed by atoms with Gasteiger partial charge in [0.2, 0.25) is 11.8 Å². The second-order valence-electron chi connectivity index (χ2n) is 9.05. The molecule has 2 aromatic carbocycles. The Morgan fingerprint density at radius 1 is 0.829 bits per heavy atom. The van der Waals surface area contributed by atoms with Crippen LogP contribution in [0.2, 0.25) is 0 Å². The maximum Gasteiger partial charge on any atom is 0.260 e. The van der Waals surface area contributed by atoms with Crippen molar-refractivity contribution in [2.24, 2.45) is 11.8 Å². The molecule has 2 saturated heterocycles. The molecule has 2 fully saturated rings. The van der Waals surface area contributed by atoms with Gasteiger partial charge in [0, 0.05) is 38.0 Å². The van der Waals surface area contributed by atoms with Crippen molar-refractivity contribution in [2.75, 3.05) is 45.2 Å². The van der Waals surface area contributed by atoms with Crippen LogP contribution >= 0.6 is 0 Å². The van der Waals surface area contributed by atoms with Crippen LogP contribution in [0.5, 0.6) is 11.5 Å². The molecule has 0 bridgehead atoms. The van der Waals surface area contributed by atoms with Crippen LogP contribution in [0.25, 0.3) is 0 Å². The van der Waals surface area contributed by atoms with Crippen molar-refractivity contribution in [3.8, 4) is 11.5 Å². The molecule has 0 unspecified atom stereocenters. The zero-order chi connectivity index (χ0) is 24.6. The van der Waals surface area contributed by atoms with Gasteiger partial charge in [-0.15, -0.1) is 0 Å². The lowest BCUT2D eigenvalue weighted by Gasteiger charge is -2.37. The van der Waals surface area contributed by atoms with E-state index in [-0.39, 0.29) is 36.2 Å². The summed E-state index contributed by atoms with van der Waals surface area (Å²) < 4.78 is 10.9. The normalized spacial score (nSPS) is 17.1. The molecule has 2 aliphatic heterocycles. The molecule has 8 nitrogen and oxygen atoms in total. The number of rotatable bonds is 7. The second-order valence-corrected chi connectivity index (χ2v) is 9.05. The van der Waals surface area contributed by atoms with E-state index in [4.69, 9.17) is 9.47 Å². The van der Waals surface area contributed by atoms with Crippen molar-refractivity contribution in [1.29, 1.82) is 0 Å². The molecule has 3 amide bonds. The molecule has 35 heavy (non-hydrogen) atoms. The Balaban J connectivity index is 1.19. The standard InChI is InChI=1S/C27H33N3O5/c1-34-24-10-6-5-9-23(24)28-26(32)20-11-17-30(18-12-20)27(33)21-13-15-29(16-14-21)25(31)19-35-22-7-3-2-4-8-22/h2-10,20-21H,11-19H2,1H3,(H,28,32). The summed E-state index contributed by atoms with van der Waals surface area (Å²) in [5, 5.41) is 2.96. The first kappa shape index (κ1) is 24.6. The number of amides is 3. The van der Waals surface area contributed by atoms with Gasteiger partial charge in [0.05, 0.1) is 12.8 Å². The maximum absolute atomic E-state index is 13.1. The van der Waals surface area contributed by atoms with Gasteiger partial charge in [-0.05, 0) is 49.9 Å². The number of anilines is 1. The average Bonchev–Trinajstić information content (AvgIpc) is 2.92. The highest BCUT2D eigenvalue weighted by atomic mass is 16.5. The Morgan fingerprint density at radius 2 is 1.43 bits per heavy atom. The van der Waals surface area contributed by atoms with E-state index in [0.717, 1.165) is 0 Å². The van der Waals surface area contributed by atoms with Gasteiger partial charge in [-0.3, -0.25) is 14.4 Å². The van der Waals surface area contributed by atoms with Crippen LogP contribution < -0.4 is 14.8 Å². The molecule has 2 aromatic rings. The number of nitrogens with zero attached hydrogens (tertiary/aromatic N) is 2. The van der Waals surface area contributed by atoms with Crippen LogP contribution in [0, 0.1) is 11.8 Å². The first-order chi connectivity index (χ1) is 17.0. The number of ether oxygens (including phenoxy) is 2. The van der Waals surface area contributed by atoms with Gasteiger partial charge in [-0.2, -0.15) is 0 Å². The predicted octanol–water partition coefficient (Wildman–Crippen LogP) is 3.19. The lowest BCUT2D eigenvalue weighted by molar-refractivity contribution is -0.143. The Morgan fingerprint density at radius 3 is 2.11 bits per heavy atom. The van der Waals surface area contributed by atoms with E-state index in [1.54, 1.807) is 12.0 Å². The molecule has 186 valence electrons. The van der Waals surface area contributed by atoms with Crippen molar-refractivity contribution in [3.05, 3.63) is 54.6 Å². The van der Waals surface area contributed by atoms with Crippen LogP contribution in [-0.4, -0.2) is 67.4 Å². The molecule has 1 N–H and O–H groups in total. The highest BCUT2D eigenvalue weighted by molar-refractivity contribution is 5.94. The SMILES string of the molecule is COc1ccccc1NC(=O)C1CCN(C(=O)C2CCN(C(=O)COc3ccccc3)CC2)CC1. The highest BCUT2D eigenvalue weighted by Crippen LogP contribution is 2.27. The third-order valence-electron chi connectivity index (χ3n) is 6.84. The van der Waals surface area contributed by atoms with Crippen molar-refractivity contribution in [1.82, 2.24) is 9.80 Å². The number of para-hydroxylation sites is 3. The number of methoxy groups -OCH3 is 1. The molecule has 0 atom stereocenters. The lowest BCUT2D eigenvalue weighted by Crippen LogP contribution is -2.48. The predicted molar refractivity (Wildman–Crippen MR) is 132 cm³/mol. The first-order valence-electron chi connectivity index (χ1n) is 12.2. The van der Waals surface area contributed by atoms with E-state index in [0.29, 0.717) is 69.0 Å². The van der Waals surface area contributed by atoms with Crippen LogP contribution in [0.1, 0.15) is 25.7 Å². The van der Waals surface area contributed by atoms with Crippen molar-refractivity contribution >= 4 is 23.4 Å². The highest BCUT2D eigenvalue weighted by Gasteiger charge is 2.33. The largest absolute Gasteiger partial charge is 0.495 e. The van der Waals surface area contributed by atoms with Crippen LogP contribution in [0.15, 0.2) is 54.6 Å². The minimum absolute atomic E-state index is 0.00700. The summed E-state index contributed by atoms with van der Waals surface area (Å²) in [7, 11) is 1.58. The summed E-state index contributed by atoms with van der Waals surface area (Å²) in [5.74, 6) is 1.14. The Labute approximate surface area is 206 Å². The number of hydrogen-bond acceptors (Lipinski definition) is 5. The van der Waals surface area contributed by atoms with E-state index in [9.17, 15) is 14.4 Å². The third kappa shape index (κ3) is 6.32. The summed E-state index contributed by atoms with van der Waals surface area (Å²) >= 11 is 0. The summed E-state index contributed by atoms with van der Waals surface area (Å²) in [5.41, 5.74) is 0.661. The van der Waals surface area contributed by atoms with Gasteiger partial charge in [-0.25, -0.2) is 0 Å². The molecule has 0 saturated carbocycles. The Hall–Kier alpha value is -3.55. The van der Waals surface area contributed by atoms with Crippen LogP contribution in [0.3, 0.4) is 0 Å². The molecule has 0 aliphatic carbocycles. The van der Waals surface area contributed by atoms with Crippen molar-refractivity contribution in [3.63, 3.8) is 0 Å². The van der Waals surface area contributed by atoms with Gasteiger partial charge in [0.1, 0.15) is 11.5 Å². The molecule has 0 aromatic heterocycles. The summed E-state index contributed by atoms with van der Waals surface area (Å²) in [6, 6.07) is 16.6. The summed E-state index contributed by atoms with van der Waals surface area (Å²) in [6.45, 7) is 2.28. The number of nitrogens with one attached hydrogen (secondary N) is 1. The second kappa shape index (κ2) is 11.7. The minimum Gasteiger partial charge on any atom is -0.495 e. The first-order valence-corrected chi connectivity index (χ1v) is 12.2. The molecular weight excluding hydrogens is 446 g/mol. The van der Waals surface area contributed by atoms with Gasteiger partial charge in [0.25, 0.3) is 5.91 Å². The molecule has 0 radical (unpaired) electrons. The fourth-order valence-corrected chi connectivity index (χ4v) is 4.73. The van der Waals surface area contributed by atoms with Crippen molar-refractivity contribution in [2.45, 2.75) is 25.7 Å². The summed E-state index contributed by atoms with van der Waals surface area (Å²) in [6.07, 6.45) is 2.59. The van der Waals surface area contributed by atoms with Gasteiger partial charge in [-0.1, -0.05) is 30.3 Å². The van der Waals surface area contributed by atoms with Gasteiger partial charge < -0.3 is 24.6 Å². The van der Waals surface area contributed by atoms with Crippen LogP contribution in [0.4, 0.5) is 5.69 Å². The maximum atomic E-state index is 13.1. The fraction of sp³-hybridized carbons (Fsp3) is 0.444. The molecular formula is C27H33N3O5.